The van der Waals surface area contributed by atoms with Crippen molar-refractivity contribution in [3.8, 4) is 11.5 Å². The Balaban J connectivity index is 2.69. The highest BCUT2D eigenvalue weighted by Crippen LogP contribution is 2.25. The van der Waals surface area contributed by atoms with Crippen molar-refractivity contribution in [1.82, 2.24) is 0 Å². The zero-order valence-corrected chi connectivity index (χ0v) is 9.71. The predicted octanol–water partition coefficient (Wildman–Crippen LogP) is 1.76. The Hall–Kier alpha value is -2.56. The summed E-state index contributed by atoms with van der Waals surface area (Å²) in [6.07, 6.45) is 2.37. The number of phenolic OH excluding ortho intramolecular Hbond substituents is 2. The van der Waals surface area contributed by atoms with Crippen LogP contribution in [-0.2, 0) is 14.3 Å². The van der Waals surface area contributed by atoms with E-state index in [2.05, 4.69) is 11.3 Å². The van der Waals surface area contributed by atoms with Gasteiger partial charge in [-0.15, -0.1) is 0 Å². The minimum atomic E-state index is -0.837. The van der Waals surface area contributed by atoms with Crippen molar-refractivity contribution in [2.75, 3.05) is 0 Å². The SMILES string of the molecule is C=C(C)C(=O)OC(=O)/C=C/c1ccc(O)c(O)c1. The van der Waals surface area contributed by atoms with Crippen LogP contribution < -0.4 is 0 Å². The third-order valence-corrected chi connectivity index (χ3v) is 1.95. The Kier molecular flexibility index (Phi) is 4.26. The zero-order valence-electron chi connectivity index (χ0n) is 9.71. The van der Waals surface area contributed by atoms with E-state index < -0.39 is 11.9 Å². The number of ether oxygens (including phenoxy) is 1. The Bertz CT molecular complexity index is 528. The smallest absolute Gasteiger partial charge is 0.340 e. The Labute approximate surface area is 104 Å². The highest BCUT2D eigenvalue weighted by molar-refractivity contribution is 6.00. The van der Waals surface area contributed by atoms with Crippen LogP contribution in [0.15, 0.2) is 36.4 Å². The highest BCUT2D eigenvalue weighted by Gasteiger charge is 2.07. The summed E-state index contributed by atoms with van der Waals surface area (Å²) in [5, 5.41) is 18.3. The van der Waals surface area contributed by atoms with Gasteiger partial charge in [0, 0.05) is 11.6 Å². The van der Waals surface area contributed by atoms with Gasteiger partial charge in [0.05, 0.1) is 0 Å². The molecule has 0 aliphatic heterocycles. The van der Waals surface area contributed by atoms with E-state index in [1.807, 2.05) is 0 Å². The molecule has 5 nitrogen and oxygen atoms in total. The molecule has 0 aromatic heterocycles. The van der Waals surface area contributed by atoms with Crippen LogP contribution in [0.5, 0.6) is 11.5 Å². The molecule has 0 saturated carbocycles. The molecule has 94 valence electrons. The van der Waals surface area contributed by atoms with Crippen LogP contribution in [0.4, 0.5) is 0 Å². The molecule has 0 fully saturated rings. The molecule has 0 spiro atoms. The molecule has 0 aliphatic rings. The summed E-state index contributed by atoms with van der Waals surface area (Å²) in [4.78, 5) is 22.2. The number of aromatic hydroxyl groups is 2. The first-order valence-electron chi connectivity index (χ1n) is 5.02. The number of hydrogen-bond acceptors (Lipinski definition) is 5. The van der Waals surface area contributed by atoms with Crippen molar-refractivity contribution in [3.63, 3.8) is 0 Å². The first-order chi connectivity index (χ1) is 8.40. The van der Waals surface area contributed by atoms with Crippen molar-refractivity contribution in [1.29, 1.82) is 0 Å². The van der Waals surface area contributed by atoms with Crippen LogP contribution in [-0.4, -0.2) is 22.2 Å². The van der Waals surface area contributed by atoms with Gasteiger partial charge in [-0.1, -0.05) is 12.6 Å². The lowest BCUT2D eigenvalue weighted by atomic mass is 10.2. The molecular weight excluding hydrogens is 236 g/mol. The van der Waals surface area contributed by atoms with E-state index in [-0.39, 0.29) is 17.1 Å². The minimum absolute atomic E-state index is 0.124. The Morgan fingerprint density at radius 3 is 2.50 bits per heavy atom. The van der Waals surface area contributed by atoms with Crippen LogP contribution in [0.1, 0.15) is 12.5 Å². The fourth-order valence-electron chi connectivity index (χ4n) is 1.02. The predicted molar refractivity (Wildman–Crippen MR) is 64.7 cm³/mol. The lowest BCUT2D eigenvalue weighted by molar-refractivity contribution is -0.153. The normalized spacial score (nSPS) is 10.3. The fourth-order valence-corrected chi connectivity index (χ4v) is 1.02. The average molecular weight is 248 g/mol. The van der Waals surface area contributed by atoms with Gasteiger partial charge in [-0.05, 0) is 30.7 Å². The number of phenols is 2. The maximum atomic E-state index is 11.2. The summed E-state index contributed by atoms with van der Waals surface area (Å²) in [7, 11) is 0. The van der Waals surface area contributed by atoms with Gasteiger partial charge in [-0.25, -0.2) is 9.59 Å². The lowest BCUT2D eigenvalue weighted by Crippen LogP contribution is -2.10. The van der Waals surface area contributed by atoms with Gasteiger partial charge in [-0.2, -0.15) is 0 Å². The number of benzene rings is 1. The summed E-state index contributed by atoms with van der Waals surface area (Å²) in [5.41, 5.74) is 0.601. The van der Waals surface area contributed by atoms with Gasteiger partial charge in [0.2, 0.25) is 0 Å². The molecule has 0 aliphatic carbocycles. The monoisotopic (exact) mass is 248 g/mol. The number of rotatable bonds is 3. The van der Waals surface area contributed by atoms with E-state index in [4.69, 9.17) is 5.11 Å². The maximum Gasteiger partial charge on any atom is 0.340 e. The van der Waals surface area contributed by atoms with Crippen LogP contribution in [0.2, 0.25) is 0 Å². The van der Waals surface area contributed by atoms with Crippen LogP contribution in [0.25, 0.3) is 6.08 Å². The van der Waals surface area contributed by atoms with Gasteiger partial charge in [0.1, 0.15) is 0 Å². The van der Waals surface area contributed by atoms with E-state index in [1.165, 1.54) is 31.2 Å². The second-order valence-electron chi connectivity index (χ2n) is 3.57. The van der Waals surface area contributed by atoms with Crippen molar-refractivity contribution in [2.45, 2.75) is 6.92 Å². The standard InChI is InChI=1S/C13H12O5/c1-8(2)13(17)18-12(16)6-4-9-3-5-10(14)11(15)7-9/h3-7,14-15H,1H2,2H3/b6-4+. The molecule has 5 heteroatoms. The quantitative estimate of drug-likeness (QED) is 0.368. The van der Waals surface area contributed by atoms with Gasteiger partial charge < -0.3 is 14.9 Å². The fraction of sp³-hybridized carbons (Fsp3) is 0.0769. The molecule has 1 rings (SSSR count). The number of esters is 2. The number of carbonyl (C=O) groups excluding carboxylic acids is 2. The number of carbonyl (C=O) groups is 2. The van der Waals surface area contributed by atoms with E-state index in [0.29, 0.717) is 5.56 Å². The van der Waals surface area contributed by atoms with E-state index in [0.717, 1.165) is 6.08 Å². The molecule has 18 heavy (non-hydrogen) atoms. The number of hydrogen-bond donors (Lipinski definition) is 2. The topological polar surface area (TPSA) is 83.8 Å². The van der Waals surface area contributed by atoms with E-state index in [9.17, 15) is 14.7 Å². The third kappa shape index (κ3) is 3.79. The molecule has 0 amide bonds. The van der Waals surface area contributed by atoms with Crippen LogP contribution in [0, 0.1) is 0 Å². The molecular formula is C13H12O5. The van der Waals surface area contributed by atoms with Gasteiger partial charge in [0.25, 0.3) is 0 Å². The van der Waals surface area contributed by atoms with Gasteiger partial charge in [0.15, 0.2) is 11.5 Å². The van der Waals surface area contributed by atoms with Crippen LogP contribution >= 0.6 is 0 Å². The molecule has 0 atom stereocenters. The minimum Gasteiger partial charge on any atom is -0.504 e. The zero-order chi connectivity index (χ0) is 13.7. The second kappa shape index (κ2) is 5.67. The van der Waals surface area contributed by atoms with Crippen molar-refractivity contribution < 1.29 is 24.5 Å². The Morgan fingerprint density at radius 2 is 1.94 bits per heavy atom. The molecule has 0 bridgehead atoms. The molecule has 0 radical (unpaired) electrons. The van der Waals surface area contributed by atoms with Crippen LogP contribution in [0.3, 0.4) is 0 Å². The second-order valence-corrected chi connectivity index (χ2v) is 3.57. The summed E-state index contributed by atoms with van der Waals surface area (Å²) < 4.78 is 4.41. The molecule has 0 heterocycles. The lowest BCUT2D eigenvalue weighted by Gasteiger charge is -1.99. The molecule has 0 unspecified atom stereocenters. The average Bonchev–Trinajstić information content (AvgIpc) is 2.30. The summed E-state index contributed by atoms with van der Waals surface area (Å²) >= 11 is 0. The Morgan fingerprint density at radius 1 is 1.28 bits per heavy atom. The third-order valence-electron chi connectivity index (χ3n) is 1.95. The largest absolute Gasteiger partial charge is 0.504 e. The maximum absolute atomic E-state index is 11.2. The van der Waals surface area contributed by atoms with Gasteiger partial charge >= 0.3 is 11.9 Å². The molecule has 0 saturated heterocycles. The summed E-state index contributed by atoms with van der Waals surface area (Å²) in [5.74, 6) is -2.19. The molecule has 1 aromatic carbocycles. The van der Waals surface area contributed by atoms with E-state index >= 15 is 0 Å². The first-order valence-corrected chi connectivity index (χ1v) is 5.02. The summed E-state index contributed by atoms with van der Waals surface area (Å²) in [6.45, 7) is 4.76. The van der Waals surface area contributed by atoms with Crippen molar-refractivity contribution in [2.24, 2.45) is 0 Å². The first kappa shape index (κ1) is 13.5. The van der Waals surface area contributed by atoms with Gasteiger partial charge in [-0.3, -0.25) is 0 Å². The van der Waals surface area contributed by atoms with E-state index in [1.54, 1.807) is 0 Å². The molecule has 1 aromatic rings. The molecule has 2 N–H and O–H groups in total. The van der Waals surface area contributed by atoms with Crippen molar-refractivity contribution in [3.05, 3.63) is 42.0 Å². The highest BCUT2D eigenvalue weighted by atomic mass is 16.6. The summed E-state index contributed by atoms with van der Waals surface area (Å²) in [6, 6.07) is 4.03. The van der Waals surface area contributed by atoms with Crippen molar-refractivity contribution >= 4 is 18.0 Å².